The first kappa shape index (κ1) is 11.6. The molecule has 1 aliphatic carbocycles. The summed E-state index contributed by atoms with van der Waals surface area (Å²) >= 11 is 0. The van der Waals surface area contributed by atoms with Gasteiger partial charge in [0.05, 0.1) is 12.3 Å². The van der Waals surface area contributed by atoms with Crippen molar-refractivity contribution < 1.29 is 14.3 Å². The number of ether oxygens (including phenoxy) is 1. The van der Waals surface area contributed by atoms with E-state index >= 15 is 0 Å². The predicted molar refractivity (Wildman–Crippen MR) is 59.5 cm³/mol. The van der Waals surface area contributed by atoms with Gasteiger partial charge in [0, 0.05) is 0 Å². The zero-order chi connectivity index (χ0) is 11.7. The Hall–Kier alpha value is -0.860. The standard InChI is InChI=1S/C13H20O3/c1-8(2)9-3-5-10(6-4-9)11-7-12(14)16-13(11)15/h8-11H,3-7H2,1-2H3. The summed E-state index contributed by atoms with van der Waals surface area (Å²) in [5.74, 6) is 1.16. The van der Waals surface area contributed by atoms with Crippen molar-refractivity contribution in [2.45, 2.75) is 46.0 Å². The fourth-order valence-corrected chi connectivity index (χ4v) is 3.07. The van der Waals surface area contributed by atoms with Gasteiger partial charge < -0.3 is 4.74 Å². The molecule has 3 heteroatoms. The van der Waals surface area contributed by atoms with Gasteiger partial charge in [-0.3, -0.25) is 9.59 Å². The van der Waals surface area contributed by atoms with Gasteiger partial charge in [-0.25, -0.2) is 0 Å². The summed E-state index contributed by atoms with van der Waals surface area (Å²) in [6.45, 7) is 4.52. The van der Waals surface area contributed by atoms with Crippen LogP contribution in [-0.2, 0) is 14.3 Å². The summed E-state index contributed by atoms with van der Waals surface area (Å²) in [5, 5.41) is 0. The molecule has 2 fully saturated rings. The van der Waals surface area contributed by atoms with E-state index in [4.69, 9.17) is 0 Å². The van der Waals surface area contributed by atoms with Crippen molar-refractivity contribution in [2.75, 3.05) is 0 Å². The highest BCUT2D eigenvalue weighted by Gasteiger charge is 2.40. The van der Waals surface area contributed by atoms with Crippen LogP contribution in [-0.4, -0.2) is 11.9 Å². The number of cyclic esters (lactones) is 2. The molecule has 1 unspecified atom stereocenters. The second kappa shape index (κ2) is 4.56. The summed E-state index contributed by atoms with van der Waals surface area (Å²) < 4.78 is 4.62. The van der Waals surface area contributed by atoms with Crippen LogP contribution in [0.3, 0.4) is 0 Å². The average Bonchev–Trinajstić information content (AvgIpc) is 2.58. The van der Waals surface area contributed by atoms with E-state index < -0.39 is 0 Å². The Kier molecular flexibility index (Phi) is 3.31. The van der Waals surface area contributed by atoms with Crippen molar-refractivity contribution in [1.82, 2.24) is 0 Å². The molecule has 2 rings (SSSR count). The van der Waals surface area contributed by atoms with Gasteiger partial charge in [0.25, 0.3) is 0 Å². The van der Waals surface area contributed by atoms with Crippen LogP contribution in [0.5, 0.6) is 0 Å². The van der Waals surface area contributed by atoms with Crippen molar-refractivity contribution in [3.8, 4) is 0 Å². The summed E-state index contributed by atoms with van der Waals surface area (Å²) in [6.07, 6.45) is 4.86. The van der Waals surface area contributed by atoms with Crippen LogP contribution in [0.1, 0.15) is 46.0 Å². The molecule has 0 aromatic carbocycles. The Morgan fingerprint density at radius 3 is 2.19 bits per heavy atom. The van der Waals surface area contributed by atoms with E-state index in [1.807, 2.05) is 0 Å². The Balaban J connectivity index is 1.89. The van der Waals surface area contributed by atoms with Gasteiger partial charge in [-0.2, -0.15) is 0 Å². The van der Waals surface area contributed by atoms with E-state index in [1.165, 1.54) is 12.8 Å². The van der Waals surface area contributed by atoms with Crippen LogP contribution >= 0.6 is 0 Å². The molecular weight excluding hydrogens is 204 g/mol. The van der Waals surface area contributed by atoms with Crippen LogP contribution < -0.4 is 0 Å². The second-order valence-corrected chi connectivity index (χ2v) is 5.52. The van der Waals surface area contributed by atoms with Crippen molar-refractivity contribution in [1.29, 1.82) is 0 Å². The van der Waals surface area contributed by atoms with E-state index in [0.29, 0.717) is 12.3 Å². The minimum atomic E-state index is -0.332. The van der Waals surface area contributed by atoms with Gasteiger partial charge in [-0.05, 0) is 43.4 Å². The third-order valence-electron chi connectivity index (χ3n) is 4.23. The lowest BCUT2D eigenvalue weighted by atomic mass is 9.72. The Bertz CT molecular complexity index is 288. The lowest BCUT2D eigenvalue weighted by Gasteiger charge is -2.32. The molecule has 1 saturated heterocycles. The van der Waals surface area contributed by atoms with Gasteiger partial charge in [0.1, 0.15) is 0 Å². The van der Waals surface area contributed by atoms with E-state index in [-0.39, 0.29) is 17.9 Å². The van der Waals surface area contributed by atoms with Crippen molar-refractivity contribution in [3.05, 3.63) is 0 Å². The number of hydrogen-bond donors (Lipinski definition) is 0. The van der Waals surface area contributed by atoms with E-state index in [0.717, 1.165) is 24.7 Å². The topological polar surface area (TPSA) is 43.4 Å². The molecule has 0 bridgehead atoms. The molecule has 0 aromatic heterocycles. The highest BCUT2D eigenvalue weighted by Crippen LogP contribution is 2.39. The lowest BCUT2D eigenvalue weighted by Crippen LogP contribution is -2.26. The van der Waals surface area contributed by atoms with Gasteiger partial charge in [0.2, 0.25) is 0 Å². The Morgan fingerprint density at radius 2 is 1.75 bits per heavy atom. The van der Waals surface area contributed by atoms with Crippen LogP contribution in [0.15, 0.2) is 0 Å². The summed E-state index contributed by atoms with van der Waals surface area (Å²) in [4.78, 5) is 22.5. The molecule has 1 heterocycles. The molecule has 3 nitrogen and oxygen atoms in total. The molecular formula is C13H20O3. The van der Waals surface area contributed by atoms with Gasteiger partial charge in [-0.1, -0.05) is 13.8 Å². The number of carbonyl (C=O) groups is 2. The molecule has 0 aromatic rings. The van der Waals surface area contributed by atoms with Crippen molar-refractivity contribution in [2.24, 2.45) is 23.7 Å². The molecule has 1 saturated carbocycles. The molecule has 1 atom stereocenters. The maximum absolute atomic E-state index is 11.5. The maximum atomic E-state index is 11.5. The number of carbonyl (C=O) groups excluding carboxylic acids is 2. The number of hydrogen-bond acceptors (Lipinski definition) is 3. The predicted octanol–water partition coefficient (Wildman–Crippen LogP) is 2.54. The molecule has 2 aliphatic rings. The van der Waals surface area contributed by atoms with Crippen LogP contribution in [0.2, 0.25) is 0 Å². The SMILES string of the molecule is CC(C)C1CCC(C2CC(=O)OC2=O)CC1. The van der Waals surface area contributed by atoms with Crippen molar-refractivity contribution in [3.63, 3.8) is 0 Å². The zero-order valence-corrected chi connectivity index (χ0v) is 10.1. The van der Waals surface area contributed by atoms with E-state index in [1.54, 1.807) is 0 Å². The monoisotopic (exact) mass is 224 g/mol. The van der Waals surface area contributed by atoms with E-state index in [9.17, 15) is 9.59 Å². The molecule has 0 radical (unpaired) electrons. The first-order valence-corrected chi connectivity index (χ1v) is 6.32. The number of rotatable bonds is 2. The third-order valence-corrected chi connectivity index (χ3v) is 4.23. The first-order chi connectivity index (χ1) is 7.58. The average molecular weight is 224 g/mol. The quantitative estimate of drug-likeness (QED) is 0.534. The molecule has 16 heavy (non-hydrogen) atoms. The highest BCUT2D eigenvalue weighted by molar-refractivity contribution is 5.94. The Morgan fingerprint density at radius 1 is 1.12 bits per heavy atom. The smallest absolute Gasteiger partial charge is 0.317 e. The maximum Gasteiger partial charge on any atom is 0.317 e. The second-order valence-electron chi connectivity index (χ2n) is 5.52. The third kappa shape index (κ3) is 2.28. The lowest BCUT2D eigenvalue weighted by molar-refractivity contribution is -0.153. The minimum absolute atomic E-state index is 0.138. The number of esters is 2. The highest BCUT2D eigenvalue weighted by atomic mass is 16.6. The zero-order valence-electron chi connectivity index (χ0n) is 10.1. The summed E-state index contributed by atoms with van der Waals surface area (Å²) in [6, 6.07) is 0. The minimum Gasteiger partial charge on any atom is -0.393 e. The van der Waals surface area contributed by atoms with Crippen LogP contribution in [0.4, 0.5) is 0 Å². The molecule has 1 aliphatic heterocycles. The van der Waals surface area contributed by atoms with Crippen molar-refractivity contribution >= 4 is 11.9 Å². The molecule has 0 N–H and O–H groups in total. The molecule has 0 amide bonds. The van der Waals surface area contributed by atoms with E-state index in [2.05, 4.69) is 18.6 Å². The van der Waals surface area contributed by atoms with Gasteiger partial charge in [-0.15, -0.1) is 0 Å². The molecule has 0 spiro atoms. The van der Waals surface area contributed by atoms with Gasteiger partial charge in [0.15, 0.2) is 0 Å². The summed E-state index contributed by atoms with van der Waals surface area (Å²) in [7, 11) is 0. The fraction of sp³-hybridized carbons (Fsp3) is 0.846. The largest absolute Gasteiger partial charge is 0.393 e. The normalized spacial score (nSPS) is 35.6. The first-order valence-electron chi connectivity index (χ1n) is 6.32. The van der Waals surface area contributed by atoms with Crippen LogP contribution in [0.25, 0.3) is 0 Å². The molecule has 90 valence electrons. The Labute approximate surface area is 96.5 Å². The summed E-state index contributed by atoms with van der Waals surface area (Å²) in [5.41, 5.74) is 0. The fourth-order valence-electron chi connectivity index (χ4n) is 3.07. The van der Waals surface area contributed by atoms with Crippen LogP contribution in [0, 0.1) is 23.7 Å². The van der Waals surface area contributed by atoms with Gasteiger partial charge >= 0.3 is 11.9 Å².